The molecule has 25 heavy (non-hydrogen) atoms. The van der Waals surface area contributed by atoms with Gasteiger partial charge in [0.05, 0.1) is 13.2 Å². The standard InChI is InChI=1S/C18H30O6.Mg.2H/c1-2-11-17(21)23-14-9-5-6-10-15-24-18(22)13-8-4-3-7-12-16(19)20;;;/h2,11H,3-10,12-15H2,1H3,(H,19,20);;;/q;+2;2*-1. The van der Waals surface area contributed by atoms with Gasteiger partial charge in [-0.05, 0) is 45.4 Å². The molecular weight excluding hydrogens is 336 g/mol. The summed E-state index contributed by atoms with van der Waals surface area (Å²) in [6.45, 7) is 2.61. The van der Waals surface area contributed by atoms with Crippen molar-refractivity contribution < 1.29 is 31.8 Å². The Morgan fingerprint density at radius 3 is 1.92 bits per heavy atom. The molecule has 0 aliphatic carbocycles. The van der Waals surface area contributed by atoms with Crippen molar-refractivity contribution in [1.82, 2.24) is 0 Å². The molecule has 0 amide bonds. The molecule has 0 atom stereocenters. The Hall–Kier alpha value is -1.08. The first-order chi connectivity index (χ1) is 11.6. The largest absolute Gasteiger partial charge is 2.00 e. The third-order valence-corrected chi connectivity index (χ3v) is 3.37. The number of rotatable bonds is 15. The Morgan fingerprint density at radius 2 is 1.36 bits per heavy atom. The quantitative estimate of drug-likeness (QED) is 0.206. The summed E-state index contributed by atoms with van der Waals surface area (Å²) in [5.74, 6) is -1.27. The van der Waals surface area contributed by atoms with E-state index in [9.17, 15) is 14.4 Å². The van der Waals surface area contributed by atoms with E-state index >= 15 is 0 Å². The zero-order valence-corrected chi connectivity index (χ0v) is 16.7. The van der Waals surface area contributed by atoms with Crippen LogP contribution in [0.25, 0.3) is 0 Å². The van der Waals surface area contributed by atoms with Crippen LogP contribution < -0.4 is 0 Å². The second-order valence-electron chi connectivity index (χ2n) is 5.61. The molecule has 0 fully saturated rings. The number of unbranched alkanes of at least 4 members (excludes halogenated alkanes) is 6. The van der Waals surface area contributed by atoms with Crippen LogP contribution in [0, 0.1) is 0 Å². The number of carbonyl (C=O) groups is 3. The average Bonchev–Trinajstić information content (AvgIpc) is 2.53. The predicted molar refractivity (Wildman–Crippen MR) is 98.5 cm³/mol. The maximum atomic E-state index is 11.5. The van der Waals surface area contributed by atoms with E-state index < -0.39 is 5.97 Å². The number of carbonyl (C=O) groups excluding carboxylic acids is 2. The predicted octanol–water partition coefficient (Wildman–Crippen LogP) is 3.48. The van der Waals surface area contributed by atoms with E-state index in [1.165, 1.54) is 6.08 Å². The van der Waals surface area contributed by atoms with E-state index in [1.54, 1.807) is 13.0 Å². The van der Waals surface area contributed by atoms with Gasteiger partial charge in [-0.1, -0.05) is 18.9 Å². The fourth-order valence-electron chi connectivity index (χ4n) is 2.07. The van der Waals surface area contributed by atoms with Crippen LogP contribution in [0.5, 0.6) is 0 Å². The summed E-state index contributed by atoms with van der Waals surface area (Å²) in [7, 11) is 0. The Balaban J connectivity index is -0.000000882. The van der Waals surface area contributed by atoms with E-state index in [-0.39, 0.29) is 44.3 Å². The minimum Gasteiger partial charge on any atom is -1.00 e. The molecule has 0 bridgehead atoms. The van der Waals surface area contributed by atoms with Gasteiger partial charge in [-0.25, -0.2) is 4.79 Å². The summed E-state index contributed by atoms with van der Waals surface area (Å²) in [6.07, 6.45) is 10.2. The van der Waals surface area contributed by atoms with Gasteiger partial charge >= 0.3 is 41.0 Å². The van der Waals surface area contributed by atoms with Gasteiger partial charge < -0.3 is 17.4 Å². The molecule has 6 nitrogen and oxygen atoms in total. The number of esters is 2. The number of ether oxygens (including phenoxy) is 2. The number of carboxylic acid groups (broad SMARTS) is 1. The molecule has 0 radical (unpaired) electrons. The summed E-state index contributed by atoms with van der Waals surface area (Å²) in [4.78, 5) is 32.8. The normalized spacial score (nSPS) is 10.3. The van der Waals surface area contributed by atoms with Crippen molar-refractivity contribution in [3.63, 3.8) is 0 Å². The first kappa shape index (κ1) is 26.1. The molecule has 0 aliphatic heterocycles. The van der Waals surface area contributed by atoms with E-state index in [0.29, 0.717) is 26.1 Å². The van der Waals surface area contributed by atoms with E-state index in [2.05, 4.69) is 0 Å². The Kier molecular flexibility index (Phi) is 20.1. The van der Waals surface area contributed by atoms with Crippen molar-refractivity contribution in [3.05, 3.63) is 12.2 Å². The van der Waals surface area contributed by atoms with Crippen LogP contribution in [-0.4, -0.2) is 59.3 Å². The minimum absolute atomic E-state index is 0. The third-order valence-electron chi connectivity index (χ3n) is 3.37. The summed E-state index contributed by atoms with van der Waals surface area (Å²) < 4.78 is 10.1. The van der Waals surface area contributed by atoms with E-state index in [4.69, 9.17) is 14.6 Å². The third kappa shape index (κ3) is 20.9. The van der Waals surface area contributed by atoms with E-state index in [0.717, 1.165) is 44.9 Å². The zero-order chi connectivity index (χ0) is 18.0. The minimum atomic E-state index is -0.773. The number of hydrogen-bond acceptors (Lipinski definition) is 5. The fraction of sp³-hybridized carbons (Fsp3) is 0.722. The van der Waals surface area contributed by atoms with Gasteiger partial charge in [0.25, 0.3) is 0 Å². The van der Waals surface area contributed by atoms with Crippen molar-refractivity contribution in [2.24, 2.45) is 0 Å². The zero-order valence-electron chi connectivity index (χ0n) is 17.3. The molecule has 142 valence electrons. The van der Waals surface area contributed by atoms with Crippen molar-refractivity contribution in [3.8, 4) is 0 Å². The van der Waals surface area contributed by atoms with E-state index in [1.807, 2.05) is 0 Å². The Morgan fingerprint density at radius 1 is 0.840 bits per heavy atom. The van der Waals surface area contributed by atoms with Gasteiger partial charge in [0, 0.05) is 18.9 Å². The van der Waals surface area contributed by atoms with Crippen LogP contribution in [0.2, 0.25) is 0 Å². The van der Waals surface area contributed by atoms with Gasteiger partial charge in [0.15, 0.2) is 0 Å². The second-order valence-corrected chi connectivity index (χ2v) is 5.61. The van der Waals surface area contributed by atoms with Gasteiger partial charge in [0.1, 0.15) is 0 Å². The average molecular weight is 369 g/mol. The van der Waals surface area contributed by atoms with Crippen molar-refractivity contribution in [2.75, 3.05) is 13.2 Å². The van der Waals surface area contributed by atoms with Crippen LogP contribution >= 0.6 is 0 Å². The van der Waals surface area contributed by atoms with Gasteiger partial charge in [-0.2, -0.15) is 0 Å². The molecule has 0 saturated carbocycles. The molecule has 1 N–H and O–H groups in total. The molecule has 0 aliphatic rings. The first-order valence-corrected chi connectivity index (χ1v) is 8.73. The number of allylic oxidation sites excluding steroid dienone is 1. The van der Waals surface area contributed by atoms with Gasteiger partial charge in [-0.15, -0.1) is 0 Å². The van der Waals surface area contributed by atoms with Gasteiger partial charge in [0.2, 0.25) is 0 Å². The SMILES string of the molecule is CC=CC(=O)OCCCCCCOC(=O)CCCCCCC(=O)O.[H-].[H-].[Mg+2]. The van der Waals surface area contributed by atoms with Gasteiger partial charge in [-0.3, -0.25) is 9.59 Å². The summed E-state index contributed by atoms with van der Waals surface area (Å²) in [5, 5.41) is 8.49. The summed E-state index contributed by atoms with van der Waals surface area (Å²) in [6, 6.07) is 0. The van der Waals surface area contributed by atoms with Crippen LogP contribution in [0.3, 0.4) is 0 Å². The van der Waals surface area contributed by atoms with Crippen LogP contribution in [-0.2, 0) is 23.9 Å². The smallest absolute Gasteiger partial charge is 1.00 e. The summed E-state index contributed by atoms with van der Waals surface area (Å²) in [5.41, 5.74) is 0. The molecule has 0 saturated heterocycles. The monoisotopic (exact) mass is 368 g/mol. The van der Waals surface area contributed by atoms with Crippen LogP contribution in [0.1, 0.15) is 74.0 Å². The Bertz CT molecular complexity index is 405. The molecule has 0 aromatic heterocycles. The van der Waals surface area contributed by atoms with Crippen molar-refractivity contribution in [2.45, 2.75) is 71.1 Å². The molecule has 7 heteroatoms. The van der Waals surface area contributed by atoms with Crippen molar-refractivity contribution >= 4 is 41.0 Å². The summed E-state index contributed by atoms with van der Waals surface area (Å²) >= 11 is 0. The molecular formula is C18H32MgO6. The fourth-order valence-corrected chi connectivity index (χ4v) is 2.07. The molecule has 0 unspecified atom stereocenters. The van der Waals surface area contributed by atoms with Crippen LogP contribution in [0.4, 0.5) is 0 Å². The topological polar surface area (TPSA) is 89.9 Å². The molecule has 0 aromatic carbocycles. The molecule has 0 heterocycles. The molecule has 0 aromatic rings. The van der Waals surface area contributed by atoms with Crippen LogP contribution in [0.15, 0.2) is 12.2 Å². The second kappa shape index (κ2) is 19.2. The molecule has 0 spiro atoms. The first-order valence-electron chi connectivity index (χ1n) is 8.73. The maximum Gasteiger partial charge on any atom is 2.00 e. The number of carboxylic acids is 1. The molecule has 0 rings (SSSR count). The number of aliphatic carboxylic acids is 1. The maximum absolute atomic E-state index is 11.5. The number of hydrogen-bond donors (Lipinski definition) is 1. The van der Waals surface area contributed by atoms with Crippen molar-refractivity contribution in [1.29, 1.82) is 0 Å². The Labute approximate surface area is 169 Å².